The van der Waals surface area contributed by atoms with Gasteiger partial charge in [0.1, 0.15) is 17.3 Å². The van der Waals surface area contributed by atoms with Crippen LogP contribution in [-0.4, -0.2) is 6.04 Å². The van der Waals surface area contributed by atoms with E-state index in [9.17, 15) is 17.6 Å². The highest BCUT2D eigenvalue weighted by Crippen LogP contribution is 2.40. The minimum atomic E-state index is -0.957. The molecule has 0 radical (unpaired) electrons. The lowest BCUT2D eigenvalue weighted by Crippen LogP contribution is -2.35. The fourth-order valence-electron chi connectivity index (χ4n) is 2.68. The molecule has 2 aromatic rings. The maximum Gasteiger partial charge on any atom is 0.152 e. The first kappa shape index (κ1) is 13.9. The van der Waals surface area contributed by atoms with Crippen molar-refractivity contribution >= 4 is 5.69 Å². The van der Waals surface area contributed by atoms with Crippen LogP contribution in [0.15, 0.2) is 36.4 Å². The third-order valence-electron chi connectivity index (χ3n) is 3.84. The standard InChI is InChI=1S/C16H13F4N/c17-10-7-14(19)16(15(20)8-10)21-11-5-9(6-11)12-3-1-2-4-13(12)18/h1-4,7-9,11,21H,5-6H2. The molecule has 0 bridgehead atoms. The molecule has 21 heavy (non-hydrogen) atoms. The van der Waals surface area contributed by atoms with E-state index in [4.69, 9.17) is 0 Å². The Bertz CT molecular complexity index is 642. The van der Waals surface area contributed by atoms with Gasteiger partial charge in [-0.25, -0.2) is 17.6 Å². The van der Waals surface area contributed by atoms with Crippen LogP contribution in [0.5, 0.6) is 0 Å². The highest BCUT2D eigenvalue weighted by atomic mass is 19.1. The molecular formula is C16H13F4N. The van der Waals surface area contributed by atoms with Crippen LogP contribution in [0.3, 0.4) is 0 Å². The number of anilines is 1. The van der Waals surface area contributed by atoms with Crippen LogP contribution >= 0.6 is 0 Å². The first-order valence-corrected chi connectivity index (χ1v) is 6.70. The Morgan fingerprint density at radius 1 is 0.857 bits per heavy atom. The summed E-state index contributed by atoms with van der Waals surface area (Å²) in [7, 11) is 0. The Morgan fingerprint density at radius 3 is 2.10 bits per heavy atom. The zero-order valence-electron chi connectivity index (χ0n) is 11.0. The lowest BCUT2D eigenvalue weighted by molar-refractivity contribution is 0.360. The van der Waals surface area contributed by atoms with Gasteiger partial charge in [-0.15, -0.1) is 0 Å². The zero-order chi connectivity index (χ0) is 15.0. The van der Waals surface area contributed by atoms with E-state index in [0.29, 0.717) is 30.5 Å². The van der Waals surface area contributed by atoms with Gasteiger partial charge in [-0.2, -0.15) is 0 Å². The Hall–Kier alpha value is -2.04. The Kier molecular flexibility index (Phi) is 3.57. The molecule has 0 spiro atoms. The quantitative estimate of drug-likeness (QED) is 0.816. The molecule has 0 atom stereocenters. The summed E-state index contributed by atoms with van der Waals surface area (Å²) in [5, 5.41) is 2.72. The SMILES string of the molecule is Fc1cc(F)c(NC2CC(c3ccccc3F)C2)c(F)c1. The molecule has 110 valence electrons. The molecule has 1 aliphatic carbocycles. The Labute approximate surface area is 119 Å². The highest BCUT2D eigenvalue weighted by molar-refractivity contribution is 5.48. The third kappa shape index (κ3) is 2.73. The normalized spacial score (nSPS) is 21.0. The summed E-state index contributed by atoms with van der Waals surface area (Å²) in [6.45, 7) is 0. The molecule has 5 heteroatoms. The van der Waals surface area contributed by atoms with Gasteiger partial charge in [-0.3, -0.25) is 0 Å². The van der Waals surface area contributed by atoms with E-state index >= 15 is 0 Å². The van der Waals surface area contributed by atoms with Crippen molar-refractivity contribution in [3.8, 4) is 0 Å². The van der Waals surface area contributed by atoms with Gasteiger partial charge in [-0.05, 0) is 30.4 Å². The molecule has 0 aliphatic heterocycles. The number of nitrogens with one attached hydrogen (secondary N) is 1. The summed E-state index contributed by atoms with van der Waals surface area (Å²) >= 11 is 0. The topological polar surface area (TPSA) is 12.0 Å². The van der Waals surface area contributed by atoms with Crippen molar-refractivity contribution in [2.45, 2.75) is 24.8 Å². The van der Waals surface area contributed by atoms with Gasteiger partial charge in [0.25, 0.3) is 0 Å². The number of benzene rings is 2. The number of hydrogen-bond donors (Lipinski definition) is 1. The number of rotatable bonds is 3. The van der Waals surface area contributed by atoms with Crippen LogP contribution in [0.4, 0.5) is 23.2 Å². The van der Waals surface area contributed by atoms with E-state index in [0.717, 1.165) is 0 Å². The lowest BCUT2D eigenvalue weighted by Gasteiger charge is -2.37. The summed E-state index contributed by atoms with van der Waals surface area (Å²) in [6.07, 6.45) is 1.16. The number of halogens is 4. The maximum atomic E-state index is 13.6. The van der Waals surface area contributed by atoms with Crippen LogP contribution in [0.2, 0.25) is 0 Å². The summed E-state index contributed by atoms with van der Waals surface area (Å²) < 4.78 is 53.5. The van der Waals surface area contributed by atoms with E-state index in [1.54, 1.807) is 18.2 Å². The van der Waals surface area contributed by atoms with Crippen molar-refractivity contribution in [1.29, 1.82) is 0 Å². The average Bonchev–Trinajstić information content (AvgIpc) is 2.37. The van der Waals surface area contributed by atoms with Crippen LogP contribution in [0, 0.1) is 23.3 Å². The van der Waals surface area contributed by atoms with E-state index in [1.807, 2.05) is 0 Å². The van der Waals surface area contributed by atoms with Crippen molar-refractivity contribution in [1.82, 2.24) is 0 Å². The van der Waals surface area contributed by atoms with Crippen LogP contribution in [-0.2, 0) is 0 Å². The minimum absolute atomic E-state index is 0.0373. The maximum absolute atomic E-state index is 13.6. The van der Waals surface area contributed by atoms with Gasteiger partial charge in [0, 0.05) is 18.2 Å². The third-order valence-corrected chi connectivity index (χ3v) is 3.84. The fraction of sp³-hybridized carbons (Fsp3) is 0.250. The van der Waals surface area contributed by atoms with Crippen LogP contribution in [0.1, 0.15) is 24.3 Å². The Morgan fingerprint density at radius 2 is 1.48 bits per heavy atom. The average molecular weight is 295 g/mol. The van der Waals surface area contributed by atoms with Gasteiger partial charge >= 0.3 is 0 Å². The zero-order valence-corrected chi connectivity index (χ0v) is 11.0. The predicted octanol–water partition coefficient (Wildman–Crippen LogP) is 4.60. The first-order valence-electron chi connectivity index (χ1n) is 6.70. The van der Waals surface area contributed by atoms with Gasteiger partial charge in [0.05, 0.1) is 0 Å². The number of hydrogen-bond acceptors (Lipinski definition) is 1. The second kappa shape index (κ2) is 5.39. The van der Waals surface area contributed by atoms with Crippen molar-refractivity contribution in [2.75, 3.05) is 5.32 Å². The fourth-order valence-corrected chi connectivity index (χ4v) is 2.68. The molecule has 0 heterocycles. The molecule has 2 aromatic carbocycles. The van der Waals surface area contributed by atoms with E-state index in [-0.39, 0.29) is 23.5 Å². The molecule has 1 N–H and O–H groups in total. The van der Waals surface area contributed by atoms with Gasteiger partial charge in [0.15, 0.2) is 11.6 Å². The molecule has 0 amide bonds. The largest absolute Gasteiger partial charge is 0.378 e. The van der Waals surface area contributed by atoms with Gasteiger partial charge in [-0.1, -0.05) is 18.2 Å². The highest BCUT2D eigenvalue weighted by Gasteiger charge is 2.32. The molecule has 3 rings (SSSR count). The Balaban J connectivity index is 1.67. The molecular weight excluding hydrogens is 282 g/mol. The van der Waals surface area contributed by atoms with Gasteiger partial charge in [0.2, 0.25) is 0 Å². The molecule has 1 saturated carbocycles. The van der Waals surface area contributed by atoms with Crippen molar-refractivity contribution in [3.05, 3.63) is 65.2 Å². The second-order valence-corrected chi connectivity index (χ2v) is 5.28. The van der Waals surface area contributed by atoms with Crippen molar-refractivity contribution < 1.29 is 17.6 Å². The second-order valence-electron chi connectivity index (χ2n) is 5.28. The lowest BCUT2D eigenvalue weighted by atomic mass is 9.75. The minimum Gasteiger partial charge on any atom is -0.378 e. The molecule has 1 nitrogen and oxygen atoms in total. The predicted molar refractivity (Wildman–Crippen MR) is 72.1 cm³/mol. The smallest absolute Gasteiger partial charge is 0.152 e. The van der Waals surface area contributed by atoms with Crippen molar-refractivity contribution in [3.63, 3.8) is 0 Å². The molecule has 0 aromatic heterocycles. The summed E-state index contributed by atoms with van der Waals surface area (Å²) in [5.41, 5.74) is 0.295. The molecule has 1 aliphatic rings. The van der Waals surface area contributed by atoms with Crippen LogP contribution in [0.25, 0.3) is 0 Å². The van der Waals surface area contributed by atoms with Crippen molar-refractivity contribution in [2.24, 2.45) is 0 Å². The monoisotopic (exact) mass is 295 g/mol. The summed E-state index contributed by atoms with van der Waals surface area (Å²) in [6, 6.07) is 7.63. The summed E-state index contributed by atoms with van der Waals surface area (Å²) in [4.78, 5) is 0. The van der Waals surface area contributed by atoms with Gasteiger partial charge < -0.3 is 5.32 Å². The molecule has 0 saturated heterocycles. The summed E-state index contributed by atoms with van der Waals surface area (Å²) in [5.74, 6) is -3.09. The first-order chi connectivity index (χ1) is 10.0. The molecule has 1 fully saturated rings. The van der Waals surface area contributed by atoms with E-state index < -0.39 is 17.5 Å². The van der Waals surface area contributed by atoms with E-state index in [1.165, 1.54) is 6.07 Å². The van der Waals surface area contributed by atoms with Crippen LogP contribution < -0.4 is 5.32 Å². The molecule has 0 unspecified atom stereocenters. The van der Waals surface area contributed by atoms with E-state index in [2.05, 4.69) is 5.32 Å².